The summed E-state index contributed by atoms with van der Waals surface area (Å²) in [5, 5.41) is 27.6. The first kappa shape index (κ1) is 43.3. The monoisotopic (exact) mass is 798 g/mol. The lowest BCUT2D eigenvalue weighted by Crippen LogP contribution is -2.45. The van der Waals surface area contributed by atoms with Gasteiger partial charge in [0.15, 0.2) is 17.4 Å². The standard InChI is InChI=1S/C40H59N6O9P/c1-22(2)29(34(48)52-20-37(3,4)5)45-56(50,55-27-18-25(39(9,10)11)16-23-14-15-24(17-26(23)27)38(6,7)8)53-19-28-31(47)40(12,49)35(54-28)46-21-42-30-32(46)43-36(41)44-33(30)51-13/h14-18,21-22,28-29,31,35,47,49H,19-20H2,1-13H3,(H,45,50)(H2,41,43,44)/t28-,29+,31-,35?,40-,56?/m1/s1. The molecule has 15 nitrogen and oxygen atoms in total. The summed E-state index contributed by atoms with van der Waals surface area (Å²) in [4.78, 5) is 26.3. The number of aliphatic hydroxyl groups excluding tert-OH is 1. The normalized spacial score (nSPS) is 22.4. The number of carbonyl (C=O) groups excluding carboxylic acids is 1. The van der Waals surface area contributed by atoms with E-state index >= 15 is 4.57 Å². The summed E-state index contributed by atoms with van der Waals surface area (Å²) in [6.07, 6.45) is -2.69. The molecule has 0 radical (unpaired) electrons. The topological polar surface area (TPSA) is 202 Å². The molecule has 3 heterocycles. The molecule has 308 valence electrons. The number of imidazole rings is 1. The van der Waals surface area contributed by atoms with Crippen molar-refractivity contribution in [1.82, 2.24) is 24.6 Å². The van der Waals surface area contributed by atoms with Crippen LogP contribution >= 0.6 is 7.75 Å². The van der Waals surface area contributed by atoms with Crippen LogP contribution in [0.5, 0.6) is 11.6 Å². The molecule has 6 atom stereocenters. The number of benzene rings is 2. The summed E-state index contributed by atoms with van der Waals surface area (Å²) in [6, 6.07) is 8.87. The molecule has 1 saturated heterocycles. The van der Waals surface area contributed by atoms with Crippen molar-refractivity contribution in [1.29, 1.82) is 0 Å². The first-order valence-corrected chi connectivity index (χ1v) is 20.4. The highest BCUT2D eigenvalue weighted by Crippen LogP contribution is 2.50. The summed E-state index contributed by atoms with van der Waals surface area (Å²) < 4.78 is 46.6. The fourth-order valence-electron chi connectivity index (χ4n) is 6.31. The number of nitrogens with zero attached hydrogens (tertiary/aromatic N) is 4. The van der Waals surface area contributed by atoms with Gasteiger partial charge in [0.25, 0.3) is 0 Å². The predicted octanol–water partition coefficient (Wildman–Crippen LogP) is 6.58. The Morgan fingerprint density at radius 2 is 1.71 bits per heavy atom. The van der Waals surface area contributed by atoms with Gasteiger partial charge in [-0.25, -0.2) is 9.55 Å². The van der Waals surface area contributed by atoms with E-state index < -0.39 is 56.3 Å². The molecule has 2 unspecified atom stereocenters. The van der Waals surface area contributed by atoms with Crippen LogP contribution in [0.15, 0.2) is 36.7 Å². The van der Waals surface area contributed by atoms with E-state index in [-0.39, 0.29) is 51.6 Å². The lowest BCUT2D eigenvalue weighted by molar-refractivity contribution is -0.149. The SMILES string of the molecule is COc1nc(N)nc2c1ncn2C1O[C@H](COP(=O)(N[C@H](C(=O)OCC(C)(C)C)C(C)C)Oc2cc(C(C)(C)C)cc3ccc(C(C)(C)C)cc23)[C@@H](O)[C@@]1(C)O. The highest BCUT2D eigenvalue weighted by atomic mass is 31.2. The number of rotatable bonds is 12. The highest BCUT2D eigenvalue weighted by molar-refractivity contribution is 7.52. The number of aliphatic hydroxyl groups is 2. The van der Waals surface area contributed by atoms with Crippen LogP contribution in [0.2, 0.25) is 0 Å². The Morgan fingerprint density at radius 3 is 2.30 bits per heavy atom. The lowest BCUT2D eigenvalue weighted by atomic mass is 9.83. The third kappa shape index (κ3) is 9.30. The van der Waals surface area contributed by atoms with Gasteiger partial charge in [-0.1, -0.05) is 94.4 Å². The Labute approximate surface area is 329 Å². The molecule has 0 saturated carbocycles. The van der Waals surface area contributed by atoms with Gasteiger partial charge in [-0.2, -0.15) is 15.1 Å². The molecule has 0 aliphatic carbocycles. The van der Waals surface area contributed by atoms with Crippen LogP contribution in [0.25, 0.3) is 21.9 Å². The number of hydrogen-bond acceptors (Lipinski definition) is 13. The van der Waals surface area contributed by atoms with Gasteiger partial charge in [-0.05, 0) is 57.7 Å². The van der Waals surface area contributed by atoms with Gasteiger partial charge in [0.05, 0.1) is 26.7 Å². The predicted molar refractivity (Wildman–Crippen MR) is 215 cm³/mol. The van der Waals surface area contributed by atoms with Crippen LogP contribution in [0.4, 0.5) is 5.95 Å². The third-order valence-electron chi connectivity index (χ3n) is 9.75. The Bertz CT molecular complexity index is 2120. The zero-order chi connectivity index (χ0) is 41.8. The molecule has 0 bridgehead atoms. The van der Waals surface area contributed by atoms with Gasteiger partial charge in [0.1, 0.15) is 29.6 Å². The number of fused-ring (bicyclic) bond motifs is 2. The third-order valence-corrected chi connectivity index (χ3v) is 11.3. The number of anilines is 1. The summed E-state index contributed by atoms with van der Waals surface area (Å²) in [6.45, 7) is 22.9. The smallest absolute Gasteiger partial charge is 0.459 e. The average Bonchev–Trinajstić information content (AvgIpc) is 3.59. The fourth-order valence-corrected chi connectivity index (χ4v) is 7.99. The molecule has 0 amide bonds. The van der Waals surface area contributed by atoms with Crippen molar-refractivity contribution in [2.75, 3.05) is 26.1 Å². The van der Waals surface area contributed by atoms with Crippen molar-refractivity contribution in [2.45, 2.75) is 124 Å². The quantitative estimate of drug-likeness (QED) is 0.0884. The molecule has 56 heavy (non-hydrogen) atoms. The number of methoxy groups -OCH3 is 1. The maximum absolute atomic E-state index is 15.3. The molecular formula is C40H59N6O9P. The maximum atomic E-state index is 15.3. The van der Waals surface area contributed by atoms with Crippen molar-refractivity contribution in [3.8, 4) is 11.6 Å². The second-order valence-electron chi connectivity index (χ2n) is 18.4. The molecule has 1 aliphatic rings. The summed E-state index contributed by atoms with van der Waals surface area (Å²) in [7, 11) is -3.14. The lowest BCUT2D eigenvalue weighted by Gasteiger charge is -2.30. The summed E-state index contributed by atoms with van der Waals surface area (Å²) in [5.41, 5.74) is 5.55. The van der Waals surface area contributed by atoms with Gasteiger partial charge in [-0.15, -0.1) is 0 Å². The van der Waals surface area contributed by atoms with Gasteiger partial charge in [-0.3, -0.25) is 13.9 Å². The van der Waals surface area contributed by atoms with E-state index in [1.807, 2.05) is 39.0 Å². The second kappa shape index (κ2) is 15.5. The fraction of sp³-hybridized carbons (Fsp3) is 0.600. The number of carbonyl (C=O) groups is 1. The zero-order valence-corrected chi connectivity index (χ0v) is 35.7. The number of ether oxygens (including phenoxy) is 3. The first-order chi connectivity index (χ1) is 25.7. The van der Waals surface area contributed by atoms with Gasteiger partial charge in [0, 0.05) is 5.39 Å². The molecule has 16 heteroatoms. The van der Waals surface area contributed by atoms with E-state index in [0.29, 0.717) is 5.39 Å². The number of nitrogen functional groups attached to an aromatic ring is 1. The number of hydrogen-bond donors (Lipinski definition) is 4. The van der Waals surface area contributed by atoms with Crippen LogP contribution in [0.3, 0.4) is 0 Å². The molecule has 1 fully saturated rings. The van der Waals surface area contributed by atoms with Crippen molar-refractivity contribution < 1.29 is 42.8 Å². The van der Waals surface area contributed by atoms with Crippen LogP contribution < -0.4 is 20.1 Å². The maximum Gasteiger partial charge on any atom is 0.459 e. The first-order valence-electron chi connectivity index (χ1n) is 18.8. The van der Waals surface area contributed by atoms with Crippen LogP contribution in [-0.4, -0.2) is 79.9 Å². The number of aromatic nitrogens is 4. The zero-order valence-electron chi connectivity index (χ0n) is 34.8. The number of esters is 1. The molecule has 2 aromatic heterocycles. The van der Waals surface area contributed by atoms with Crippen LogP contribution in [0, 0.1) is 11.3 Å². The molecule has 0 spiro atoms. The summed E-state index contributed by atoms with van der Waals surface area (Å²) >= 11 is 0. The van der Waals surface area contributed by atoms with Crippen molar-refractivity contribution in [3.05, 3.63) is 47.8 Å². The van der Waals surface area contributed by atoms with E-state index in [0.717, 1.165) is 16.5 Å². The van der Waals surface area contributed by atoms with Crippen molar-refractivity contribution >= 4 is 41.6 Å². The van der Waals surface area contributed by atoms with E-state index in [2.05, 4.69) is 73.7 Å². The Balaban J connectivity index is 1.56. The van der Waals surface area contributed by atoms with E-state index in [9.17, 15) is 15.0 Å². The van der Waals surface area contributed by atoms with Crippen LogP contribution in [0.1, 0.15) is 100 Å². The minimum absolute atomic E-state index is 0.100. The van der Waals surface area contributed by atoms with Crippen molar-refractivity contribution in [2.24, 2.45) is 11.3 Å². The van der Waals surface area contributed by atoms with E-state index in [1.54, 1.807) is 13.8 Å². The molecular weight excluding hydrogens is 739 g/mol. The van der Waals surface area contributed by atoms with Crippen molar-refractivity contribution in [3.63, 3.8) is 0 Å². The number of nitrogens with two attached hydrogens (primary N) is 1. The molecule has 1 aliphatic heterocycles. The minimum atomic E-state index is -4.56. The highest BCUT2D eigenvalue weighted by Gasteiger charge is 2.54. The van der Waals surface area contributed by atoms with Gasteiger partial charge >= 0.3 is 13.7 Å². The minimum Gasteiger partial charge on any atom is -0.479 e. The molecule has 5 N–H and O–H groups in total. The Morgan fingerprint density at radius 1 is 1.05 bits per heavy atom. The Hall–Kier alpha value is -3.85. The van der Waals surface area contributed by atoms with Crippen LogP contribution in [-0.2, 0) is 34.2 Å². The summed E-state index contributed by atoms with van der Waals surface area (Å²) in [5.74, 6) is -0.751. The van der Waals surface area contributed by atoms with Gasteiger partial charge < -0.3 is 34.7 Å². The Kier molecular flexibility index (Phi) is 12.0. The second-order valence-corrected chi connectivity index (χ2v) is 20.1. The molecule has 2 aromatic carbocycles. The average molecular weight is 799 g/mol. The van der Waals surface area contributed by atoms with E-state index in [4.69, 9.17) is 29.0 Å². The molecule has 5 rings (SSSR count). The van der Waals surface area contributed by atoms with E-state index in [1.165, 1.54) is 24.9 Å². The van der Waals surface area contributed by atoms with Gasteiger partial charge in [0.2, 0.25) is 11.8 Å². The number of nitrogens with one attached hydrogen (secondary N) is 1. The largest absolute Gasteiger partial charge is 0.479 e. The molecule has 4 aromatic rings.